The van der Waals surface area contributed by atoms with Gasteiger partial charge in [0.1, 0.15) is 0 Å². The van der Waals surface area contributed by atoms with E-state index in [-0.39, 0.29) is 6.10 Å². The molecule has 0 amide bonds. The van der Waals surface area contributed by atoms with Crippen molar-refractivity contribution in [2.24, 2.45) is 0 Å². The number of hydrogen-bond donors (Lipinski definition) is 1. The standard InChI is InChI=1S/C12H14O/c13-12-8-6-11(7-9-12)10-4-2-1-3-5-10/h1-6,8,11-13H,7,9H2/t11-,12+/m1/s1. The Labute approximate surface area is 78.7 Å². The summed E-state index contributed by atoms with van der Waals surface area (Å²) in [4.78, 5) is 0. The Morgan fingerprint density at radius 3 is 2.38 bits per heavy atom. The Hall–Kier alpha value is -1.08. The summed E-state index contributed by atoms with van der Waals surface area (Å²) < 4.78 is 0. The number of rotatable bonds is 1. The highest BCUT2D eigenvalue weighted by molar-refractivity contribution is 5.25. The molecule has 2 atom stereocenters. The molecule has 0 aromatic heterocycles. The molecule has 0 saturated heterocycles. The fourth-order valence-corrected chi connectivity index (χ4v) is 1.78. The summed E-state index contributed by atoms with van der Waals surface area (Å²) in [6.07, 6.45) is 5.74. The molecular weight excluding hydrogens is 160 g/mol. The van der Waals surface area contributed by atoms with Crippen LogP contribution >= 0.6 is 0 Å². The van der Waals surface area contributed by atoms with Gasteiger partial charge in [-0.15, -0.1) is 0 Å². The lowest BCUT2D eigenvalue weighted by Crippen LogP contribution is -2.10. The van der Waals surface area contributed by atoms with Crippen molar-refractivity contribution in [2.45, 2.75) is 24.9 Å². The molecule has 0 saturated carbocycles. The number of benzene rings is 1. The van der Waals surface area contributed by atoms with Crippen molar-refractivity contribution in [3.63, 3.8) is 0 Å². The normalized spacial score (nSPS) is 27.5. The maximum Gasteiger partial charge on any atom is 0.0721 e. The van der Waals surface area contributed by atoms with Crippen molar-refractivity contribution in [2.75, 3.05) is 0 Å². The molecular formula is C12H14O. The maximum atomic E-state index is 9.29. The molecule has 0 heterocycles. The van der Waals surface area contributed by atoms with Gasteiger partial charge in [-0.1, -0.05) is 42.5 Å². The van der Waals surface area contributed by atoms with Crippen LogP contribution in [0.1, 0.15) is 24.3 Å². The van der Waals surface area contributed by atoms with Crippen LogP contribution < -0.4 is 0 Å². The van der Waals surface area contributed by atoms with Crippen LogP contribution in [0.5, 0.6) is 0 Å². The molecule has 0 fully saturated rings. The average molecular weight is 174 g/mol. The van der Waals surface area contributed by atoms with E-state index in [4.69, 9.17) is 0 Å². The summed E-state index contributed by atoms with van der Waals surface area (Å²) in [7, 11) is 0. The zero-order valence-corrected chi connectivity index (χ0v) is 7.56. The van der Waals surface area contributed by atoms with E-state index in [1.54, 1.807) is 0 Å². The Bertz CT molecular complexity index is 289. The lowest BCUT2D eigenvalue weighted by Gasteiger charge is -2.19. The number of aliphatic hydroxyl groups excluding tert-OH is 1. The zero-order valence-electron chi connectivity index (χ0n) is 7.56. The summed E-state index contributed by atoms with van der Waals surface area (Å²) in [6.45, 7) is 0. The van der Waals surface area contributed by atoms with Gasteiger partial charge >= 0.3 is 0 Å². The lowest BCUT2D eigenvalue weighted by atomic mass is 9.88. The molecule has 0 spiro atoms. The molecule has 1 aromatic rings. The summed E-state index contributed by atoms with van der Waals surface area (Å²) in [6, 6.07) is 10.5. The van der Waals surface area contributed by atoms with Crippen LogP contribution in [-0.4, -0.2) is 11.2 Å². The molecule has 0 radical (unpaired) electrons. The van der Waals surface area contributed by atoms with Gasteiger partial charge in [-0.05, 0) is 18.4 Å². The Morgan fingerprint density at radius 1 is 1.00 bits per heavy atom. The molecule has 2 rings (SSSR count). The smallest absolute Gasteiger partial charge is 0.0721 e. The van der Waals surface area contributed by atoms with Gasteiger partial charge in [-0.3, -0.25) is 0 Å². The van der Waals surface area contributed by atoms with Crippen molar-refractivity contribution in [1.29, 1.82) is 0 Å². The molecule has 1 aromatic carbocycles. The highest BCUT2D eigenvalue weighted by Crippen LogP contribution is 2.27. The highest BCUT2D eigenvalue weighted by atomic mass is 16.3. The molecule has 1 aliphatic rings. The van der Waals surface area contributed by atoms with E-state index in [1.807, 2.05) is 12.1 Å². The largest absolute Gasteiger partial charge is 0.389 e. The predicted molar refractivity (Wildman–Crippen MR) is 53.6 cm³/mol. The summed E-state index contributed by atoms with van der Waals surface area (Å²) >= 11 is 0. The van der Waals surface area contributed by atoms with Crippen molar-refractivity contribution in [3.05, 3.63) is 48.0 Å². The minimum absolute atomic E-state index is 0.222. The quantitative estimate of drug-likeness (QED) is 0.648. The predicted octanol–water partition coefficient (Wildman–Crippen LogP) is 2.48. The Kier molecular flexibility index (Phi) is 2.46. The van der Waals surface area contributed by atoms with E-state index in [2.05, 4.69) is 30.3 Å². The summed E-state index contributed by atoms with van der Waals surface area (Å²) in [5.74, 6) is 0.504. The van der Waals surface area contributed by atoms with Gasteiger partial charge in [0.2, 0.25) is 0 Å². The fraction of sp³-hybridized carbons (Fsp3) is 0.333. The second kappa shape index (κ2) is 3.75. The van der Waals surface area contributed by atoms with Crippen LogP contribution in [0, 0.1) is 0 Å². The first-order chi connectivity index (χ1) is 6.36. The third-order valence-corrected chi connectivity index (χ3v) is 2.57. The van der Waals surface area contributed by atoms with Crippen molar-refractivity contribution < 1.29 is 5.11 Å². The SMILES string of the molecule is O[C@H]1C=C[C@@H](c2ccccc2)CC1. The molecule has 0 bridgehead atoms. The van der Waals surface area contributed by atoms with E-state index < -0.39 is 0 Å². The van der Waals surface area contributed by atoms with Gasteiger partial charge in [0, 0.05) is 5.92 Å². The lowest BCUT2D eigenvalue weighted by molar-refractivity contribution is 0.201. The first kappa shape index (κ1) is 8.52. The van der Waals surface area contributed by atoms with E-state index in [0.29, 0.717) is 5.92 Å². The van der Waals surface area contributed by atoms with Crippen LogP contribution in [0.4, 0.5) is 0 Å². The minimum Gasteiger partial charge on any atom is -0.389 e. The third-order valence-electron chi connectivity index (χ3n) is 2.57. The molecule has 68 valence electrons. The topological polar surface area (TPSA) is 20.2 Å². The number of hydrogen-bond acceptors (Lipinski definition) is 1. The van der Waals surface area contributed by atoms with Gasteiger partial charge in [-0.25, -0.2) is 0 Å². The second-order valence-corrected chi connectivity index (χ2v) is 3.55. The summed E-state index contributed by atoms with van der Waals surface area (Å²) in [5.41, 5.74) is 1.35. The van der Waals surface area contributed by atoms with Gasteiger partial charge in [0.25, 0.3) is 0 Å². The van der Waals surface area contributed by atoms with Crippen LogP contribution in [0.25, 0.3) is 0 Å². The van der Waals surface area contributed by atoms with Crippen LogP contribution in [0.2, 0.25) is 0 Å². The molecule has 0 aliphatic heterocycles. The zero-order chi connectivity index (χ0) is 9.10. The second-order valence-electron chi connectivity index (χ2n) is 3.55. The summed E-state index contributed by atoms with van der Waals surface area (Å²) in [5, 5.41) is 9.29. The molecule has 1 N–H and O–H groups in total. The third kappa shape index (κ3) is 1.99. The van der Waals surface area contributed by atoms with E-state index in [9.17, 15) is 5.11 Å². The van der Waals surface area contributed by atoms with Crippen LogP contribution in [0.15, 0.2) is 42.5 Å². The van der Waals surface area contributed by atoms with Gasteiger partial charge < -0.3 is 5.11 Å². The van der Waals surface area contributed by atoms with Crippen LogP contribution in [0.3, 0.4) is 0 Å². The Balaban J connectivity index is 2.15. The van der Waals surface area contributed by atoms with E-state index in [0.717, 1.165) is 12.8 Å². The van der Waals surface area contributed by atoms with Gasteiger partial charge in [-0.2, -0.15) is 0 Å². The highest BCUT2D eigenvalue weighted by Gasteiger charge is 2.14. The van der Waals surface area contributed by atoms with Crippen molar-refractivity contribution in [1.82, 2.24) is 0 Å². The first-order valence-corrected chi connectivity index (χ1v) is 4.77. The van der Waals surface area contributed by atoms with E-state index in [1.165, 1.54) is 5.56 Å². The van der Waals surface area contributed by atoms with Crippen molar-refractivity contribution in [3.8, 4) is 0 Å². The molecule has 1 heteroatoms. The molecule has 1 nitrogen and oxygen atoms in total. The molecule has 0 unspecified atom stereocenters. The maximum absolute atomic E-state index is 9.29. The number of allylic oxidation sites excluding steroid dienone is 1. The minimum atomic E-state index is -0.222. The van der Waals surface area contributed by atoms with Gasteiger partial charge in [0.15, 0.2) is 0 Å². The Morgan fingerprint density at radius 2 is 1.77 bits per heavy atom. The van der Waals surface area contributed by atoms with Gasteiger partial charge in [0.05, 0.1) is 6.10 Å². The average Bonchev–Trinajstić information content (AvgIpc) is 2.20. The first-order valence-electron chi connectivity index (χ1n) is 4.77. The molecule has 1 aliphatic carbocycles. The fourth-order valence-electron chi connectivity index (χ4n) is 1.78. The number of aliphatic hydroxyl groups is 1. The molecule has 13 heavy (non-hydrogen) atoms. The van der Waals surface area contributed by atoms with Crippen molar-refractivity contribution >= 4 is 0 Å². The van der Waals surface area contributed by atoms with Crippen LogP contribution in [-0.2, 0) is 0 Å². The monoisotopic (exact) mass is 174 g/mol. The van der Waals surface area contributed by atoms with E-state index >= 15 is 0 Å².